The minimum absolute atomic E-state index is 0.140. The fourth-order valence-electron chi connectivity index (χ4n) is 1.62. The van der Waals surface area contributed by atoms with Crippen molar-refractivity contribution in [1.29, 1.82) is 5.26 Å². The number of carbonyl (C=O) groups is 2. The Bertz CT molecular complexity index is 772. The van der Waals surface area contributed by atoms with E-state index >= 15 is 0 Å². The SMILES string of the molecule is N#Cc1ccc(OCC(=O)OCC(=O)Nc2cccnc2Cl)cc1. The van der Waals surface area contributed by atoms with Crippen LogP contribution in [0.4, 0.5) is 5.69 Å². The second-order valence-corrected chi connectivity index (χ2v) is 4.83. The molecule has 0 atom stereocenters. The zero-order chi connectivity index (χ0) is 17.4. The first-order valence-electron chi connectivity index (χ1n) is 6.77. The number of hydrogen-bond acceptors (Lipinski definition) is 6. The summed E-state index contributed by atoms with van der Waals surface area (Å²) in [6, 6.07) is 11.4. The van der Waals surface area contributed by atoms with E-state index < -0.39 is 18.5 Å². The van der Waals surface area contributed by atoms with E-state index in [0.29, 0.717) is 17.0 Å². The van der Waals surface area contributed by atoms with E-state index in [0.717, 1.165) is 0 Å². The molecule has 0 saturated heterocycles. The number of nitrogens with one attached hydrogen (secondary N) is 1. The Morgan fingerprint density at radius 1 is 1.21 bits per heavy atom. The molecule has 1 heterocycles. The van der Waals surface area contributed by atoms with Crippen molar-refractivity contribution in [3.8, 4) is 11.8 Å². The summed E-state index contributed by atoms with van der Waals surface area (Å²) in [6.45, 7) is -0.826. The van der Waals surface area contributed by atoms with Gasteiger partial charge < -0.3 is 14.8 Å². The third kappa shape index (κ3) is 5.26. The summed E-state index contributed by atoms with van der Waals surface area (Å²) in [7, 11) is 0. The normalized spacial score (nSPS) is 9.67. The van der Waals surface area contributed by atoms with Crippen LogP contribution in [0.5, 0.6) is 5.75 Å². The predicted octanol–water partition coefficient (Wildman–Crippen LogP) is 2.17. The minimum Gasteiger partial charge on any atom is -0.482 e. The molecule has 24 heavy (non-hydrogen) atoms. The van der Waals surface area contributed by atoms with Gasteiger partial charge in [0, 0.05) is 6.20 Å². The molecule has 0 spiro atoms. The Kier molecular flexibility index (Phi) is 6.11. The number of aromatic nitrogens is 1. The van der Waals surface area contributed by atoms with Crippen molar-refractivity contribution in [2.45, 2.75) is 0 Å². The van der Waals surface area contributed by atoms with E-state index in [1.54, 1.807) is 36.4 Å². The number of nitrogens with zero attached hydrogens (tertiary/aromatic N) is 2. The maximum atomic E-state index is 11.7. The predicted molar refractivity (Wildman–Crippen MR) is 85.5 cm³/mol. The van der Waals surface area contributed by atoms with Crippen molar-refractivity contribution in [1.82, 2.24) is 4.98 Å². The first-order chi connectivity index (χ1) is 11.6. The first-order valence-corrected chi connectivity index (χ1v) is 7.15. The molecule has 0 aliphatic heterocycles. The average Bonchev–Trinajstić information content (AvgIpc) is 2.60. The first kappa shape index (κ1) is 17.2. The molecular formula is C16H12ClN3O4. The number of pyridine rings is 1. The van der Waals surface area contributed by atoms with Gasteiger partial charge in [-0.15, -0.1) is 0 Å². The van der Waals surface area contributed by atoms with E-state index in [9.17, 15) is 9.59 Å². The quantitative estimate of drug-likeness (QED) is 0.636. The van der Waals surface area contributed by atoms with Gasteiger partial charge in [0.15, 0.2) is 18.4 Å². The molecule has 1 N–H and O–H groups in total. The van der Waals surface area contributed by atoms with Gasteiger partial charge >= 0.3 is 5.97 Å². The average molecular weight is 346 g/mol. The van der Waals surface area contributed by atoms with Crippen molar-refractivity contribution in [3.05, 3.63) is 53.3 Å². The van der Waals surface area contributed by atoms with Crippen LogP contribution in [0.3, 0.4) is 0 Å². The Morgan fingerprint density at radius 3 is 2.62 bits per heavy atom. The monoisotopic (exact) mass is 345 g/mol. The lowest BCUT2D eigenvalue weighted by atomic mass is 10.2. The van der Waals surface area contributed by atoms with E-state index in [2.05, 4.69) is 10.3 Å². The van der Waals surface area contributed by atoms with Gasteiger partial charge in [-0.05, 0) is 36.4 Å². The largest absolute Gasteiger partial charge is 0.482 e. The van der Waals surface area contributed by atoms with Gasteiger partial charge in [0.1, 0.15) is 5.75 Å². The van der Waals surface area contributed by atoms with Crippen LogP contribution in [0.1, 0.15) is 5.56 Å². The molecule has 0 aliphatic carbocycles. The molecule has 0 fully saturated rings. The van der Waals surface area contributed by atoms with Crippen LogP contribution < -0.4 is 10.1 Å². The highest BCUT2D eigenvalue weighted by molar-refractivity contribution is 6.32. The van der Waals surface area contributed by atoms with Gasteiger partial charge in [0.2, 0.25) is 0 Å². The minimum atomic E-state index is -0.702. The summed E-state index contributed by atoms with van der Waals surface area (Å²) in [6.07, 6.45) is 1.48. The summed E-state index contributed by atoms with van der Waals surface area (Å²) in [4.78, 5) is 27.0. The standard InChI is InChI=1S/C16H12ClN3O4/c17-16-13(2-1-7-19-16)20-14(21)9-24-15(22)10-23-12-5-3-11(8-18)4-6-12/h1-7H,9-10H2,(H,20,21). The van der Waals surface area contributed by atoms with Crippen LogP contribution in [0, 0.1) is 11.3 Å². The summed E-state index contributed by atoms with van der Waals surface area (Å²) in [5, 5.41) is 11.3. The van der Waals surface area contributed by atoms with Gasteiger partial charge in [0.05, 0.1) is 17.3 Å². The maximum absolute atomic E-state index is 11.7. The molecule has 122 valence electrons. The Balaban J connectivity index is 1.73. The fourth-order valence-corrected chi connectivity index (χ4v) is 1.79. The van der Waals surface area contributed by atoms with E-state index in [1.165, 1.54) is 6.20 Å². The molecule has 0 aliphatic rings. The van der Waals surface area contributed by atoms with E-state index in [-0.39, 0.29) is 11.8 Å². The number of nitriles is 1. The van der Waals surface area contributed by atoms with Crippen LogP contribution >= 0.6 is 11.6 Å². The van der Waals surface area contributed by atoms with Crippen LogP contribution in [-0.4, -0.2) is 30.1 Å². The lowest BCUT2D eigenvalue weighted by molar-refractivity contribution is -0.149. The fraction of sp³-hybridized carbons (Fsp3) is 0.125. The number of hydrogen-bond donors (Lipinski definition) is 1. The van der Waals surface area contributed by atoms with Gasteiger partial charge in [0.25, 0.3) is 5.91 Å². The zero-order valence-electron chi connectivity index (χ0n) is 12.4. The zero-order valence-corrected chi connectivity index (χ0v) is 13.1. The molecule has 1 aromatic heterocycles. The Labute approximate surface area is 142 Å². The molecule has 8 heteroatoms. The summed E-state index contributed by atoms with van der Waals surface area (Å²) in [5.74, 6) is -0.832. The summed E-state index contributed by atoms with van der Waals surface area (Å²) >= 11 is 5.80. The Morgan fingerprint density at radius 2 is 1.96 bits per heavy atom. The van der Waals surface area contributed by atoms with Crippen LogP contribution in [0.15, 0.2) is 42.6 Å². The second-order valence-electron chi connectivity index (χ2n) is 4.48. The molecule has 2 aromatic rings. The van der Waals surface area contributed by atoms with Crippen LogP contribution in [0.25, 0.3) is 0 Å². The van der Waals surface area contributed by atoms with Crippen molar-refractivity contribution < 1.29 is 19.1 Å². The Hall–Kier alpha value is -3.11. The molecule has 0 radical (unpaired) electrons. The van der Waals surface area contributed by atoms with Gasteiger partial charge in [-0.2, -0.15) is 5.26 Å². The maximum Gasteiger partial charge on any atom is 0.344 e. The second kappa shape index (κ2) is 8.50. The van der Waals surface area contributed by atoms with Gasteiger partial charge in [-0.1, -0.05) is 11.6 Å². The van der Waals surface area contributed by atoms with Crippen molar-refractivity contribution in [2.24, 2.45) is 0 Å². The third-order valence-corrected chi connectivity index (χ3v) is 3.04. The molecular weight excluding hydrogens is 334 g/mol. The highest BCUT2D eigenvalue weighted by Gasteiger charge is 2.10. The number of benzene rings is 1. The molecule has 1 aromatic carbocycles. The topological polar surface area (TPSA) is 101 Å². The van der Waals surface area contributed by atoms with Crippen LogP contribution in [0.2, 0.25) is 5.15 Å². The lowest BCUT2D eigenvalue weighted by Crippen LogP contribution is -2.23. The highest BCUT2D eigenvalue weighted by atomic mass is 35.5. The molecule has 0 bridgehead atoms. The molecule has 0 unspecified atom stereocenters. The third-order valence-electron chi connectivity index (χ3n) is 2.74. The molecule has 2 rings (SSSR count). The van der Waals surface area contributed by atoms with Crippen molar-refractivity contribution in [2.75, 3.05) is 18.5 Å². The molecule has 7 nitrogen and oxygen atoms in total. The summed E-state index contributed by atoms with van der Waals surface area (Å²) in [5.41, 5.74) is 0.810. The number of amides is 1. The van der Waals surface area contributed by atoms with Crippen molar-refractivity contribution >= 4 is 29.2 Å². The summed E-state index contributed by atoms with van der Waals surface area (Å²) < 4.78 is 9.98. The van der Waals surface area contributed by atoms with Crippen LogP contribution in [-0.2, 0) is 14.3 Å². The number of carbonyl (C=O) groups excluding carboxylic acids is 2. The number of esters is 1. The smallest absolute Gasteiger partial charge is 0.344 e. The number of halogens is 1. The lowest BCUT2D eigenvalue weighted by Gasteiger charge is -2.08. The molecule has 1 amide bonds. The molecule has 0 saturated carbocycles. The number of ether oxygens (including phenoxy) is 2. The van der Waals surface area contributed by atoms with Gasteiger partial charge in [-0.3, -0.25) is 4.79 Å². The number of anilines is 1. The van der Waals surface area contributed by atoms with Gasteiger partial charge in [-0.25, -0.2) is 9.78 Å². The van der Waals surface area contributed by atoms with E-state index in [4.69, 9.17) is 26.3 Å². The highest BCUT2D eigenvalue weighted by Crippen LogP contribution is 2.17. The van der Waals surface area contributed by atoms with E-state index in [1.807, 2.05) is 6.07 Å². The van der Waals surface area contributed by atoms with Crippen molar-refractivity contribution in [3.63, 3.8) is 0 Å². The number of rotatable bonds is 6.